The number of nitrogens with zero attached hydrogens (tertiary/aromatic N) is 1. The highest BCUT2D eigenvalue weighted by Gasteiger charge is 2.21. The Morgan fingerprint density at radius 1 is 1.38 bits per heavy atom. The average molecular weight is 292 g/mol. The van der Waals surface area contributed by atoms with E-state index in [0.29, 0.717) is 5.76 Å². The lowest BCUT2D eigenvalue weighted by Crippen LogP contribution is -2.29. The zero-order valence-electron chi connectivity index (χ0n) is 12.3. The van der Waals surface area contributed by atoms with Gasteiger partial charge in [-0.15, -0.1) is 0 Å². The van der Waals surface area contributed by atoms with Gasteiger partial charge in [0.25, 0.3) is 0 Å². The number of hydrazone groups is 1. The summed E-state index contributed by atoms with van der Waals surface area (Å²) in [6, 6.07) is 1.35. The van der Waals surface area contributed by atoms with Gasteiger partial charge in [-0.05, 0) is 26.7 Å². The third-order valence-electron chi connectivity index (χ3n) is 3.73. The maximum absolute atomic E-state index is 12.0. The molecule has 1 fully saturated rings. The summed E-state index contributed by atoms with van der Waals surface area (Å²) < 4.78 is 4.92. The molecule has 1 aromatic heterocycles. The highest BCUT2D eigenvalue weighted by molar-refractivity contribution is 6.01. The highest BCUT2D eigenvalue weighted by Crippen LogP contribution is 2.23. The Balaban J connectivity index is 2.11. The van der Waals surface area contributed by atoms with Crippen LogP contribution in [0.25, 0.3) is 0 Å². The summed E-state index contributed by atoms with van der Waals surface area (Å²) in [7, 11) is 0. The van der Waals surface area contributed by atoms with Crippen LogP contribution in [0.4, 0.5) is 0 Å². The maximum atomic E-state index is 12.0. The molecule has 0 radical (unpaired) electrons. The number of carbonyl (C=O) groups is 1. The molecule has 1 aromatic rings. The van der Waals surface area contributed by atoms with Gasteiger partial charge in [0.2, 0.25) is 5.91 Å². The molecule has 1 saturated carbocycles. The Morgan fingerprint density at radius 3 is 2.67 bits per heavy atom. The molecule has 0 unspecified atom stereocenters. The fraction of sp³-hybridized carbons (Fsp3) is 0.533. The molecule has 1 aliphatic carbocycles. The van der Waals surface area contributed by atoms with Crippen molar-refractivity contribution in [2.24, 2.45) is 11.0 Å². The Morgan fingerprint density at radius 2 is 2.05 bits per heavy atom. The molecule has 0 saturated heterocycles. The minimum atomic E-state index is -0.666. The number of amides is 1. The number of nitrogens with one attached hydrogen (secondary N) is 1. The standard InChI is InChI=1S/C15H20N2O4/c1-9-8-12(18)13(15(20)21-9)10(2)16-17-14(19)11-6-4-3-5-7-11/h8,11,18H,3-7H2,1-2H3,(H,17,19)/b16-10-. The molecular formula is C15H20N2O4. The first-order chi connectivity index (χ1) is 9.99. The lowest BCUT2D eigenvalue weighted by molar-refractivity contribution is -0.125. The molecule has 0 atom stereocenters. The second-order valence-electron chi connectivity index (χ2n) is 5.41. The number of aromatic hydroxyl groups is 1. The lowest BCUT2D eigenvalue weighted by atomic mass is 9.89. The Bertz CT molecular complexity index is 613. The van der Waals surface area contributed by atoms with Crippen molar-refractivity contribution in [1.82, 2.24) is 5.43 Å². The molecule has 2 N–H and O–H groups in total. The van der Waals surface area contributed by atoms with E-state index < -0.39 is 5.63 Å². The fourth-order valence-corrected chi connectivity index (χ4v) is 2.58. The third kappa shape index (κ3) is 3.71. The minimum absolute atomic E-state index is 0.0154. The molecule has 1 heterocycles. The van der Waals surface area contributed by atoms with Crippen molar-refractivity contribution in [3.63, 3.8) is 0 Å². The van der Waals surface area contributed by atoms with E-state index in [4.69, 9.17) is 4.42 Å². The maximum Gasteiger partial charge on any atom is 0.348 e. The average Bonchev–Trinajstić information content (AvgIpc) is 2.44. The number of carbonyl (C=O) groups excluding carboxylic acids is 1. The zero-order valence-corrected chi connectivity index (χ0v) is 12.3. The summed E-state index contributed by atoms with van der Waals surface area (Å²) in [6.07, 6.45) is 5.03. The van der Waals surface area contributed by atoms with Crippen molar-refractivity contribution in [3.05, 3.63) is 27.8 Å². The molecule has 0 spiro atoms. The fourth-order valence-electron chi connectivity index (χ4n) is 2.58. The van der Waals surface area contributed by atoms with E-state index in [2.05, 4.69) is 10.5 Å². The molecule has 6 nitrogen and oxygen atoms in total. The number of hydrogen-bond donors (Lipinski definition) is 2. The van der Waals surface area contributed by atoms with Gasteiger partial charge in [0.1, 0.15) is 17.1 Å². The Hall–Kier alpha value is -2.11. The number of rotatable bonds is 3. The first-order valence-electron chi connectivity index (χ1n) is 7.17. The zero-order chi connectivity index (χ0) is 15.4. The van der Waals surface area contributed by atoms with Crippen LogP contribution in [0.5, 0.6) is 5.75 Å². The van der Waals surface area contributed by atoms with Crippen LogP contribution in [0.2, 0.25) is 0 Å². The largest absolute Gasteiger partial charge is 0.507 e. The van der Waals surface area contributed by atoms with Gasteiger partial charge in [-0.3, -0.25) is 4.79 Å². The molecule has 0 aliphatic heterocycles. The van der Waals surface area contributed by atoms with E-state index in [1.807, 2.05) is 0 Å². The predicted molar refractivity (Wildman–Crippen MR) is 78.3 cm³/mol. The van der Waals surface area contributed by atoms with Crippen LogP contribution in [-0.2, 0) is 4.79 Å². The first kappa shape index (κ1) is 15.3. The smallest absolute Gasteiger partial charge is 0.348 e. The molecule has 2 rings (SSSR count). The summed E-state index contributed by atoms with van der Waals surface area (Å²) in [5.41, 5.74) is 2.01. The molecule has 0 bridgehead atoms. The van der Waals surface area contributed by atoms with E-state index in [-0.39, 0.29) is 28.8 Å². The van der Waals surface area contributed by atoms with Gasteiger partial charge in [0.15, 0.2) is 0 Å². The van der Waals surface area contributed by atoms with Gasteiger partial charge in [-0.25, -0.2) is 10.2 Å². The van der Waals surface area contributed by atoms with Crippen molar-refractivity contribution in [2.45, 2.75) is 46.0 Å². The summed E-state index contributed by atoms with van der Waals surface area (Å²) in [5.74, 6) is -0.0273. The monoisotopic (exact) mass is 292 g/mol. The quantitative estimate of drug-likeness (QED) is 0.659. The van der Waals surface area contributed by atoms with Crippen molar-refractivity contribution in [3.8, 4) is 5.75 Å². The van der Waals surface area contributed by atoms with Crippen LogP contribution in [-0.4, -0.2) is 16.7 Å². The third-order valence-corrected chi connectivity index (χ3v) is 3.73. The van der Waals surface area contributed by atoms with E-state index in [1.165, 1.54) is 12.5 Å². The number of aryl methyl sites for hydroxylation is 1. The van der Waals surface area contributed by atoms with E-state index in [0.717, 1.165) is 25.7 Å². The summed E-state index contributed by atoms with van der Waals surface area (Å²) >= 11 is 0. The van der Waals surface area contributed by atoms with E-state index in [9.17, 15) is 14.7 Å². The van der Waals surface area contributed by atoms with E-state index in [1.54, 1.807) is 13.8 Å². The predicted octanol–water partition coefficient (Wildman–Crippen LogP) is 2.07. The van der Waals surface area contributed by atoms with Crippen LogP contribution in [0.15, 0.2) is 20.4 Å². The second kappa shape index (κ2) is 6.56. The first-order valence-corrected chi connectivity index (χ1v) is 7.17. The van der Waals surface area contributed by atoms with Crippen LogP contribution in [0.3, 0.4) is 0 Å². The summed E-state index contributed by atoms with van der Waals surface area (Å²) in [6.45, 7) is 3.12. The molecule has 6 heteroatoms. The van der Waals surface area contributed by atoms with Gasteiger partial charge < -0.3 is 9.52 Å². The van der Waals surface area contributed by atoms with Gasteiger partial charge in [0.05, 0.1) is 5.71 Å². The molecule has 1 amide bonds. The number of hydrogen-bond acceptors (Lipinski definition) is 5. The van der Waals surface area contributed by atoms with Crippen molar-refractivity contribution in [2.75, 3.05) is 0 Å². The van der Waals surface area contributed by atoms with Crippen molar-refractivity contribution in [1.29, 1.82) is 0 Å². The normalized spacial score (nSPS) is 16.8. The SMILES string of the molecule is C/C(=N/NC(=O)C1CCCCC1)c1c(O)cc(C)oc1=O. The summed E-state index contributed by atoms with van der Waals surface area (Å²) in [5, 5.41) is 13.7. The van der Waals surface area contributed by atoms with Crippen LogP contribution in [0.1, 0.15) is 50.4 Å². The van der Waals surface area contributed by atoms with Crippen LogP contribution >= 0.6 is 0 Å². The molecule has 0 aromatic carbocycles. The summed E-state index contributed by atoms with van der Waals surface area (Å²) in [4.78, 5) is 23.7. The van der Waals surface area contributed by atoms with Gasteiger partial charge in [-0.2, -0.15) is 5.10 Å². The van der Waals surface area contributed by atoms with Crippen molar-refractivity contribution >= 4 is 11.6 Å². The Labute approximate surface area is 122 Å². The molecule has 21 heavy (non-hydrogen) atoms. The van der Waals surface area contributed by atoms with Gasteiger partial charge in [0, 0.05) is 12.0 Å². The van der Waals surface area contributed by atoms with Crippen LogP contribution < -0.4 is 11.1 Å². The molecular weight excluding hydrogens is 272 g/mol. The van der Waals surface area contributed by atoms with Gasteiger partial charge >= 0.3 is 5.63 Å². The van der Waals surface area contributed by atoms with Gasteiger partial charge in [-0.1, -0.05) is 19.3 Å². The van der Waals surface area contributed by atoms with E-state index >= 15 is 0 Å². The Kier molecular flexibility index (Phi) is 4.77. The van der Waals surface area contributed by atoms with Crippen molar-refractivity contribution < 1.29 is 14.3 Å². The second-order valence-corrected chi connectivity index (χ2v) is 5.41. The topological polar surface area (TPSA) is 91.9 Å². The minimum Gasteiger partial charge on any atom is -0.507 e. The van der Waals surface area contributed by atoms with Crippen LogP contribution in [0, 0.1) is 12.8 Å². The molecule has 114 valence electrons. The highest BCUT2D eigenvalue weighted by atomic mass is 16.4. The lowest BCUT2D eigenvalue weighted by Gasteiger charge is -2.19. The molecule has 1 aliphatic rings.